The molecule has 0 unspecified atom stereocenters. The van der Waals surface area contributed by atoms with Crippen molar-refractivity contribution in [1.82, 2.24) is 9.97 Å². The van der Waals surface area contributed by atoms with E-state index in [0.717, 1.165) is 22.3 Å². The largest absolute Gasteiger partial charge is 0.399 e. The normalized spacial score (nSPS) is 10.1. The molecule has 3 aromatic rings. The third-order valence-corrected chi connectivity index (χ3v) is 3.20. The summed E-state index contributed by atoms with van der Waals surface area (Å²) < 4.78 is 12.9. The van der Waals surface area contributed by atoms with Gasteiger partial charge in [-0.1, -0.05) is 12.1 Å². The van der Waals surface area contributed by atoms with Crippen LogP contribution < -0.4 is 11.1 Å². The third kappa shape index (κ3) is 4.32. The molecule has 4 nitrogen and oxygen atoms in total. The Morgan fingerprint density at radius 1 is 1.09 bits per heavy atom. The topological polar surface area (TPSA) is 63.8 Å². The molecular weight excluding hydrogens is 311 g/mol. The molecule has 2 aromatic carbocycles. The Morgan fingerprint density at radius 3 is 2.48 bits per heavy atom. The third-order valence-electron chi connectivity index (χ3n) is 3.20. The molecule has 0 aliphatic rings. The molecule has 0 amide bonds. The van der Waals surface area contributed by atoms with Crippen molar-refractivity contribution in [3.8, 4) is 0 Å². The number of anilines is 2. The van der Waals surface area contributed by atoms with Crippen LogP contribution in [0.1, 0.15) is 11.4 Å². The number of fused-ring (bicyclic) bond motifs is 1. The number of aromatic nitrogens is 2. The van der Waals surface area contributed by atoms with E-state index < -0.39 is 0 Å². The van der Waals surface area contributed by atoms with Crippen molar-refractivity contribution in [2.24, 2.45) is 0 Å². The molecule has 3 N–H and O–H groups in total. The summed E-state index contributed by atoms with van der Waals surface area (Å²) in [5.41, 5.74) is 8.32. The number of hydrogen-bond donors (Lipinski definition) is 3. The van der Waals surface area contributed by atoms with Crippen molar-refractivity contribution in [1.29, 1.82) is 0 Å². The van der Waals surface area contributed by atoms with Crippen molar-refractivity contribution in [2.75, 3.05) is 17.3 Å². The van der Waals surface area contributed by atoms with E-state index in [2.05, 4.69) is 27.9 Å². The lowest BCUT2D eigenvalue weighted by Gasteiger charge is -2.10. The van der Waals surface area contributed by atoms with Crippen LogP contribution in [0.3, 0.4) is 0 Å². The van der Waals surface area contributed by atoms with Gasteiger partial charge in [-0.2, -0.15) is 12.6 Å². The van der Waals surface area contributed by atoms with Crippen molar-refractivity contribution in [3.63, 3.8) is 0 Å². The Bertz CT molecular complexity index is 790. The average Bonchev–Trinajstić information content (AvgIpc) is 2.56. The molecule has 6 heteroatoms. The quantitative estimate of drug-likeness (QED) is 0.505. The van der Waals surface area contributed by atoms with Gasteiger partial charge in [0.1, 0.15) is 17.5 Å². The van der Waals surface area contributed by atoms with Crippen molar-refractivity contribution in [3.05, 3.63) is 59.7 Å². The Labute approximate surface area is 140 Å². The number of nitrogen functional groups attached to an aromatic ring is 1. The number of thiol groups is 1. The van der Waals surface area contributed by atoms with E-state index >= 15 is 0 Å². The van der Waals surface area contributed by atoms with Gasteiger partial charge in [0.15, 0.2) is 0 Å². The summed E-state index contributed by atoms with van der Waals surface area (Å²) >= 11 is 3.53. The number of halogens is 1. The minimum atomic E-state index is -0.241. The molecule has 1 heterocycles. The number of hydrogen-bond acceptors (Lipinski definition) is 5. The first-order valence-electron chi connectivity index (χ1n) is 7.09. The lowest BCUT2D eigenvalue weighted by atomic mass is 10.2. The molecule has 0 bridgehead atoms. The minimum Gasteiger partial charge on any atom is -0.399 e. The van der Waals surface area contributed by atoms with E-state index in [1.54, 1.807) is 18.4 Å². The van der Waals surface area contributed by atoms with E-state index in [1.165, 1.54) is 12.1 Å². The maximum Gasteiger partial charge on any atom is 0.137 e. The first-order valence-corrected chi connectivity index (χ1v) is 7.98. The van der Waals surface area contributed by atoms with E-state index in [9.17, 15) is 4.39 Å². The van der Waals surface area contributed by atoms with Gasteiger partial charge in [0.05, 0.1) is 5.52 Å². The first-order chi connectivity index (χ1) is 11.1. The van der Waals surface area contributed by atoms with Crippen LogP contribution in [0.2, 0.25) is 0 Å². The monoisotopic (exact) mass is 330 g/mol. The summed E-state index contributed by atoms with van der Waals surface area (Å²) in [4.78, 5) is 8.81. The molecule has 23 heavy (non-hydrogen) atoms. The molecule has 3 rings (SSSR count). The van der Waals surface area contributed by atoms with Crippen LogP contribution in [-0.4, -0.2) is 16.2 Å². The van der Waals surface area contributed by atoms with Gasteiger partial charge in [0, 0.05) is 17.6 Å². The Kier molecular flexibility index (Phi) is 5.76. The highest BCUT2D eigenvalue weighted by Gasteiger charge is 2.06. The second-order valence-corrected chi connectivity index (χ2v) is 4.88. The molecular formula is C17H19FN4S. The highest BCUT2D eigenvalue weighted by molar-refractivity contribution is 7.79. The lowest BCUT2D eigenvalue weighted by molar-refractivity contribution is 0.627. The summed E-state index contributed by atoms with van der Waals surface area (Å²) in [5, 5.41) is 4.14. The zero-order chi connectivity index (χ0) is 16.8. The fourth-order valence-corrected chi connectivity index (χ4v) is 2.18. The summed E-state index contributed by atoms with van der Waals surface area (Å²) in [6, 6.07) is 11.9. The van der Waals surface area contributed by atoms with Gasteiger partial charge in [0.25, 0.3) is 0 Å². The minimum absolute atomic E-state index is 0.241. The molecule has 0 radical (unpaired) electrons. The van der Waals surface area contributed by atoms with Gasteiger partial charge in [-0.3, -0.25) is 0 Å². The second-order valence-electron chi connectivity index (χ2n) is 4.88. The molecule has 0 saturated carbocycles. The highest BCUT2D eigenvalue weighted by Crippen LogP contribution is 2.23. The van der Waals surface area contributed by atoms with Gasteiger partial charge in [-0.05, 0) is 49.1 Å². The second kappa shape index (κ2) is 7.78. The van der Waals surface area contributed by atoms with Crippen LogP contribution in [0.25, 0.3) is 10.9 Å². The Morgan fingerprint density at radius 2 is 1.78 bits per heavy atom. The molecule has 0 fully saturated rings. The smallest absolute Gasteiger partial charge is 0.137 e. The summed E-state index contributed by atoms with van der Waals surface area (Å²) in [6.07, 6.45) is 1.69. The van der Waals surface area contributed by atoms with Crippen molar-refractivity contribution >= 4 is 35.0 Å². The molecule has 0 aliphatic heterocycles. The Hall–Kier alpha value is -2.34. The number of nitrogens with one attached hydrogen (secondary N) is 1. The fourth-order valence-electron chi connectivity index (χ4n) is 2.18. The SMILES string of the molecule is CS.Cc1nc(NCc2ccc(F)cc2)c2cc(N)ccc2n1. The van der Waals surface area contributed by atoms with Crippen LogP contribution in [0.5, 0.6) is 0 Å². The predicted octanol–water partition coefficient (Wildman–Crippen LogP) is 3.82. The van der Waals surface area contributed by atoms with E-state index in [1.807, 2.05) is 25.1 Å². The molecule has 0 aliphatic carbocycles. The van der Waals surface area contributed by atoms with Gasteiger partial charge in [0.2, 0.25) is 0 Å². The zero-order valence-electron chi connectivity index (χ0n) is 13.0. The van der Waals surface area contributed by atoms with Crippen LogP contribution in [0.4, 0.5) is 15.9 Å². The van der Waals surface area contributed by atoms with Crippen LogP contribution in [-0.2, 0) is 6.54 Å². The average molecular weight is 330 g/mol. The fraction of sp³-hybridized carbons (Fsp3) is 0.176. The van der Waals surface area contributed by atoms with E-state index in [-0.39, 0.29) is 5.82 Å². The van der Waals surface area contributed by atoms with Crippen LogP contribution >= 0.6 is 12.6 Å². The number of aryl methyl sites for hydroxylation is 1. The molecule has 0 atom stereocenters. The highest BCUT2D eigenvalue weighted by atomic mass is 32.1. The number of nitrogens with zero attached hydrogens (tertiary/aromatic N) is 2. The molecule has 0 saturated heterocycles. The van der Waals surface area contributed by atoms with Crippen molar-refractivity contribution < 1.29 is 4.39 Å². The lowest BCUT2D eigenvalue weighted by Crippen LogP contribution is -2.04. The van der Waals surface area contributed by atoms with E-state index in [4.69, 9.17) is 5.73 Å². The molecule has 0 spiro atoms. The van der Waals surface area contributed by atoms with Crippen LogP contribution in [0, 0.1) is 12.7 Å². The number of rotatable bonds is 3. The maximum atomic E-state index is 12.9. The molecule has 1 aromatic heterocycles. The van der Waals surface area contributed by atoms with Crippen LogP contribution in [0.15, 0.2) is 42.5 Å². The number of nitrogens with two attached hydrogens (primary N) is 1. The Balaban J connectivity index is 0.000000924. The van der Waals surface area contributed by atoms with E-state index in [0.29, 0.717) is 18.1 Å². The first kappa shape index (κ1) is 17.0. The van der Waals surface area contributed by atoms with Gasteiger partial charge >= 0.3 is 0 Å². The van der Waals surface area contributed by atoms with Gasteiger partial charge < -0.3 is 11.1 Å². The molecule has 120 valence electrons. The van der Waals surface area contributed by atoms with Crippen molar-refractivity contribution in [2.45, 2.75) is 13.5 Å². The number of benzene rings is 2. The predicted molar refractivity (Wildman–Crippen MR) is 97.3 cm³/mol. The maximum absolute atomic E-state index is 12.9. The zero-order valence-corrected chi connectivity index (χ0v) is 13.9. The summed E-state index contributed by atoms with van der Waals surface area (Å²) in [6.45, 7) is 2.40. The van der Waals surface area contributed by atoms with Gasteiger partial charge in [-0.25, -0.2) is 14.4 Å². The standard InChI is InChI=1S/C16H15FN4.CH4S/c1-10-20-15-7-6-13(18)8-14(15)16(21-10)19-9-11-2-4-12(17)5-3-11;1-2/h2-8H,9,18H2,1H3,(H,19,20,21);2H,1H3. The summed E-state index contributed by atoms with van der Waals surface area (Å²) in [5.74, 6) is 1.18. The summed E-state index contributed by atoms with van der Waals surface area (Å²) in [7, 11) is 0. The van der Waals surface area contributed by atoms with Gasteiger partial charge in [-0.15, -0.1) is 0 Å².